The van der Waals surface area contributed by atoms with E-state index < -0.39 is 52.0 Å². The van der Waals surface area contributed by atoms with Gasteiger partial charge in [-0.15, -0.1) is 0 Å². The predicted molar refractivity (Wildman–Crippen MR) is 110 cm³/mol. The van der Waals surface area contributed by atoms with Gasteiger partial charge in [0, 0.05) is 0 Å². The molecule has 1 aromatic heterocycles. The molecule has 3 saturated heterocycles. The average Bonchev–Trinajstić information content (AvgIpc) is 3.58. The predicted octanol–water partition coefficient (Wildman–Crippen LogP) is 1.39. The van der Waals surface area contributed by atoms with E-state index in [1.165, 1.54) is 13.7 Å². The summed E-state index contributed by atoms with van der Waals surface area (Å²) in [4.78, 5) is 40.6. The molecule has 0 radical (unpaired) electrons. The number of nitrogens with zero attached hydrogens (tertiary/aromatic N) is 3. The fourth-order valence-corrected chi connectivity index (χ4v) is 4.71. The summed E-state index contributed by atoms with van der Waals surface area (Å²) < 4.78 is 20.6. The van der Waals surface area contributed by atoms with Crippen molar-refractivity contribution in [3.05, 3.63) is 31.5 Å². The van der Waals surface area contributed by atoms with Gasteiger partial charge in [-0.05, 0) is 62.3 Å². The molecule has 0 aliphatic carbocycles. The Bertz CT molecular complexity index is 910. The summed E-state index contributed by atoms with van der Waals surface area (Å²) in [5.74, 6) is 0. The van der Waals surface area contributed by atoms with Crippen molar-refractivity contribution in [1.82, 2.24) is 13.7 Å². The van der Waals surface area contributed by atoms with Crippen molar-refractivity contribution in [1.29, 1.82) is 0 Å². The molecular formula is C21H33N3O6. The second kappa shape index (κ2) is 6.17. The summed E-state index contributed by atoms with van der Waals surface area (Å²) >= 11 is 0. The normalized spacial score (nSPS) is 42.5. The molecule has 3 fully saturated rings. The summed E-state index contributed by atoms with van der Waals surface area (Å²) in [6, 6.07) is -1.62. The first kappa shape index (κ1) is 21.5. The fourth-order valence-electron chi connectivity index (χ4n) is 4.71. The van der Waals surface area contributed by atoms with E-state index in [-0.39, 0.29) is 18.3 Å². The van der Waals surface area contributed by atoms with Crippen LogP contribution in [0.4, 0.5) is 0 Å². The first-order valence-electron chi connectivity index (χ1n) is 10.7. The third-order valence-electron chi connectivity index (χ3n) is 8.43. The van der Waals surface area contributed by atoms with E-state index in [1.807, 2.05) is 41.5 Å². The van der Waals surface area contributed by atoms with E-state index in [0.29, 0.717) is 0 Å². The molecule has 9 unspecified atom stereocenters. The van der Waals surface area contributed by atoms with E-state index in [4.69, 9.17) is 14.2 Å². The molecule has 0 saturated carbocycles. The lowest BCUT2D eigenvalue weighted by molar-refractivity contribution is 0.188. The minimum atomic E-state index is -0.643. The smallest absolute Gasteiger partial charge is 0.337 e. The van der Waals surface area contributed by atoms with Crippen molar-refractivity contribution < 1.29 is 14.2 Å². The molecule has 3 aliphatic heterocycles. The third kappa shape index (κ3) is 2.67. The molecule has 4 heterocycles. The molecule has 30 heavy (non-hydrogen) atoms. The van der Waals surface area contributed by atoms with Crippen LogP contribution in [0.1, 0.15) is 80.4 Å². The number of epoxide rings is 3. The van der Waals surface area contributed by atoms with E-state index in [9.17, 15) is 14.4 Å². The van der Waals surface area contributed by atoms with Crippen LogP contribution in [0.15, 0.2) is 14.4 Å². The van der Waals surface area contributed by atoms with Gasteiger partial charge in [0.05, 0.1) is 36.4 Å². The Balaban J connectivity index is 1.96. The van der Waals surface area contributed by atoms with E-state index >= 15 is 0 Å². The van der Waals surface area contributed by atoms with Gasteiger partial charge in [0.2, 0.25) is 0 Å². The summed E-state index contributed by atoms with van der Waals surface area (Å²) in [6.45, 7) is 16.7. The van der Waals surface area contributed by atoms with Crippen molar-refractivity contribution in [3.63, 3.8) is 0 Å². The van der Waals surface area contributed by atoms with Crippen LogP contribution in [0.25, 0.3) is 0 Å². The van der Waals surface area contributed by atoms with Crippen molar-refractivity contribution in [2.45, 2.75) is 116 Å². The molecule has 0 N–H and O–H groups in total. The highest BCUT2D eigenvalue weighted by atomic mass is 16.6. The quantitative estimate of drug-likeness (QED) is 0.641. The molecule has 9 nitrogen and oxygen atoms in total. The Labute approximate surface area is 175 Å². The van der Waals surface area contributed by atoms with Gasteiger partial charge in [-0.2, -0.15) is 0 Å². The summed E-state index contributed by atoms with van der Waals surface area (Å²) in [5, 5.41) is 0. The summed E-state index contributed by atoms with van der Waals surface area (Å²) in [7, 11) is 0. The minimum Gasteiger partial charge on any atom is -0.364 e. The first-order chi connectivity index (χ1) is 13.7. The zero-order valence-electron chi connectivity index (χ0n) is 19.3. The number of hydrogen-bond acceptors (Lipinski definition) is 6. The lowest BCUT2D eigenvalue weighted by Crippen LogP contribution is -2.60. The average molecular weight is 424 g/mol. The standard InChI is InChI=1S/C21H33N3O6/c1-10(19(7)13(4)28-19)22-16(25)23(11(2)20(8)14(5)29-20)18(27)24(17(22)26)12(3)21(9)15(6)30-21/h10-15H,1-9H3. The summed E-state index contributed by atoms with van der Waals surface area (Å²) in [5.41, 5.74) is -3.81. The van der Waals surface area contributed by atoms with Gasteiger partial charge < -0.3 is 14.2 Å². The fraction of sp³-hybridized carbons (Fsp3) is 0.857. The Morgan fingerprint density at radius 1 is 0.600 bits per heavy atom. The Morgan fingerprint density at radius 3 is 0.900 bits per heavy atom. The van der Waals surface area contributed by atoms with Crippen LogP contribution in [-0.4, -0.2) is 48.8 Å². The van der Waals surface area contributed by atoms with Gasteiger partial charge in [0.25, 0.3) is 0 Å². The molecular weight excluding hydrogens is 390 g/mol. The number of hydrogen-bond donors (Lipinski definition) is 0. The second-order valence-electron chi connectivity index (χ2n) is 9.82. The van der Waals surface area contributed by atoms with Crippen molar-refractivity contribution in [2.24, 2.45) is 0 Å². The molecule has 9 heteroatoms. The van der Waals surface area contributed by atoms with Gasteiger partial charge in [0.1, 0.15) is 16.8 Å². The van der Waals surface area contributed by atoms with Crippen LogP contribution in [0.2, 0.25) is 0 Å². The van der Waals surface area contributed by atoms with Gasteiger partial charge in [-0.25, -0.2) is 28.1 Å². The molecule has 1 aromatic rings. The van der Waals surface area contributed by atoms with Crippen molar-refractivity contribution in [3.8, 4) is 0 Å². The molecule has 0 amide bonds. The van der Waals surface area contributed by atoms with Crippen LogP contribution in [0.5, 0.6) is 0 Å². The molecule has 3 aliphatic rings. The number of ether oxygens (including phenoxy) is 3. The zero-order valence-corrected chi connectivity index (χ0v) is 19.3. The van der Waals surface area contributed by atoms with Crippen LogP contribution in [0, 0.1) is 0 Å². The third-order valence-corrected chi connectivity index (χ3v) is 8.43. The maximum atomic E-state index is 13.5. The molecule has 0 aromatic carbocycles. The number of rotatable bonds is 6. The van der Waals surface area contributed by atoms with E-state index in [1.54, 1.807) is 20.8 Å². The molecule has 0 bridgehead atoms. The van der Waals surface area contributed by atoms with Gasteiger partial charge in [-0.1, -0.05) is 0 Å². The SMILES string of the molecule is CC1OC1(C)C(C)n1c(=O)n(C(C)C2(C)OC2C)c(=O)n(C(C)C2(C)OC2C)c1=O. The Morgan fingerprint density at radius 2 is 0.767 bits per heavy atom. The first-order valence-corrected chi connectivity index (χ1v) is 10.7. The van der Waals surface area contributed by atoms with Gasteiger partial charge >= 0.3 is 17.1 Å². The molecule has 9 atom stereocenters. The maximum Gasteiger partial charge on any atom is 0.337 e. The van der Waals surface area contributed by atoms with Crippen LogP contribution >= 0.6 is 0 Å². The molecule has 168 valence electrons. The topological polar surface area (TPSA) is 104 Å². The Hall–Kier alpha value is -1.71. The van der Waals surface area contributed by atoms with Gasteiger partial charge in [-0.3, -0.25) is 0 Å². The maximum absolute atomic E-state index is 13.5. The highest BCUT2D eigenvalue weighted by Crippen LogP contribution is 2.46. The zero-order chi connectivity index (χ0) is 22.5. The van der Waals surface area contributed by atoms with Crippen molar-refractivity contribution in [2.75, 3.05) is 0 Å². The number of aromatic nitrogens is 3. The monoisotopic (exact) mass is 423 g/mol. The highest BCUT2D eigenvalue weighted by Gasteiger charge is 2.58. The lowest BCUT2D eigenvalue weighted by Gasteiger charge is -2.27. The van der Waals surface area contributed by atoms with Crippen LogP contribution in [0.3, 0.4) is 0 Å². The largest absolute Gasteiger partial charge is 0.364 e. The van der Waals surface area contributed by atoms with Crippen LogP contribution < -0.4 is 17.1 Å². The van der Waals surface area contributed by atoms with E-state index in [2.05, 4.69) is 0 Å². The minimum absolute atomic E-state index is 0.0870. The molecule has 0 spiro atoms. The highest BCUT2D eigenvalue weighted by molar-refractivity contribution is 5.09. The van der Waals surface area contributed by atoms with E-state index in [0.717, 1.165) is 0 Å². The Kier molecular flexibility index (Phi) is 4.43. The van der Waals surface area contributed by atoms with Crippen LogP contribution in [-0.2, 0) is 14.2 Å². The molecule has 4 rings (SSSR count). The lowest BCUT2D eigenvalue weighted by atomic mass is 9.98. The second-order valence-corrected chi connectivity index (χ2v) is 9.82. The summed E-state index contributed by atoms with van der Waals surface area (Å²) in [6.07, 6.45) is -0.261. The van der Waals surface area contributed by atoms with Gasteiger partial charge in [0.15, 0.2) is 0 Å². The van der Waals surface area contributed by atoms with Crippen molar-refractivity contribution >= 4 is 0 Å².